The fraction of sp³-hybridized carbons (Fsp3) is 0.174. The maximum absolute atomic E-state index is 12.3. The van der Waals surface area contributed by atoms with Crippen molar-refractivity contribution < 1.29 is 14.7 Å². The van der Waals surface area contributed by atoms with Crippen LogP contribution in [0.3, 0.4) is 0 Å². The van der Waals surface area contributed by atoms with Crippen LogP contribution in [0.25, 0.3) is 11.1 Å². The second kappa shape index (κ2) is 9.01. The molecule has 148 valence electrons. The first-order chi connectivity index (χ1) is 14.0. The molecule has 0 aliphatic heterocycles. The van der Waals surface area contributed by atoms with Gasteiger partial charge in [-0.1, -0.05) is 25.1 Å². The van der Waals surface area contributed by atoms with Crippen LogP contribution in [0.2, 0.25) is 0 Å². The molecule has 0 saturated heterocycles. The van der Waals surface area contributed by atoms with E-state index < -0.39 is 0 Å². The van der Waals surface area contributed by atoms with Crippen molar-refractivity contribution in [3.63, 3.8) is 0 Å². The maximum atomic E-state index is 12.3. The van der Waals surface area contributed by atoms with Gasteiger partial charge in [-0.25, -0.2) is 0 Å². The van der Waals surface area contributed by atoms with Gasteiger partial charge in [0.25, 0.3) is 5.91 Å². The fourth-order valence-electron chi connectivity index (χ4n) is 2.94. The zero-order valence-corrected chi connectivity index (χ0v) is 16.4. The van der Waals surface area contributed by atoms with Gasteiger partial charge in [0, 0.05) is 55.3 Å². The van der Waals surface area contributed by atoms with Gasteiger partial charge < -0.3 is 15.3 Å². The summed E-state index contributed by atoms with van der Waals surface area (Å²) in [6.07, 6.45) is 3.79. The van der Waals surface area contributed by atoms with E-state index in [0.717, 1.165) is 11.1 Å². The van der Waals surface area contributed by atoms with Crippen LogP contribution in [-0.4, -0.2) is 29.0 Å². The SMILES string of the molecule is CCC(=O)N(C)c1ccc(-c2ccc(C(=O)NCc3cccnc3)cc2)c(O)c1. The number of aromatic nitrogens is 1. The summed E-state index contributed by atoms with van der Waals surface area (Å²) in [5.74, 6) is -0.134. The van der Waals surface area contributed by atoms with Crippen LogP contribution in [0, 0.1) is 0 Å². The van der Waals surface area contributed by atoms with Crippen LogP contribution in [0.1, 0.15) is 29.3 Å². The molecule has 0 aliphatic rings. The van der Waals surface area contributed by atoms with Crippen molar-refractivity contribution in [2.45, 2.75) is 19.9 Å². The molecule has 6 heteroatoms. The molecule has 0 unspecified atom stereocenters. The van der Waals surface area contributed by atoms with Crippen LogP contribution in [0.15, 0.2) is 67.0 Å². The number of pyridine rings is 1. The predicted octanol–water partition coefficient (Wildman–Crippen LogP) is 3.76. The van der Waals surface area contributed by atoms with E-state index in [2.05, 4.69) is 10.3 Å². The van der Waals surface area contributed by atoms with E-state index in [-0.39, 0.29) is 17.6 Å². The Morgan fingerprint density at radius 3 is 2.48 bits per heavy atom. The largest absolute Gasteiger partial charge is 0.507 e. The summed E-state index contributed by atoms with van der Waals surface area (Å²) in [7, 11) is 1.68. The summed E-state index contributed by atoms with van der Waals surface area (Å²) < 4.78 is 0. The second-order valence-corrected chi connectivity index (χ2v) is 6.63. The van der Waals surface area contributed by atoms with E-state index >= 15 is 0 Å². The fourth-order valence-corrected chi connectivity index (χ4v) is 2.94. The van der Waals surface area contributed by atoms with Crippen LogP contribution in [0.5, 0.6) is 5.75 Å². The number of carbonyl (C=O) groups excluding carboxylic acids is 2. The van der Waals surface area contributed by atoms with Gasteiger partial charge >= 0.3 is 0 Å². The molecule has 2 amide bonds. The molecule has 1 heterocycles. The quantitative estimate of drug-likeness (QED) is 0.673. The first-order valence-corrected chi connectivity index (χ1v) is 9.36. The number of benzene rings is 2. The van der Waals surface area contributed by atoms with E-state index in [1.54, 1.807) is 68.8 Å². The Bertz CT molecular complexity index is 1000. The van der Waals surface area contributed by atoms with Gasteiger partial charge in [0.05, 0.1) is 0 Å². The summed E-state index contributed by atoms with van der Waals surface area (Å²) in [4.78, 5) is 29.7. The van der Waals surface area contributed by atoms with Crippen molar-refractivity contribution in [2.24, 2.45) is 0 Å². The van der Waals surface area contributed by atoms with Crippen LogP contribution < -0.4 is 10.2 Å². The summed E-state index contributed by atoms with van der Waals surface area (Å²) in [5.41, 5.74) is 3.50. The molecular weight excluding hydrogens is 366 g/mol. The van der Waals surface area contributed by atoms with Crippen molar-refractivity contribution in [1.29, 1.82) is 0 Å². The molecule has 0 aliphatic carbocycles. The number of phenolic OH excluding ortho intramolecular Hbond substituents is 1. The third-order valence-corrected chi connectivity index (χ3v) is 4.68. The van der Waals surface area contributed by atoms with Crippen molar-refractivity contribution in [3.05, 3.63) is 78.1 Å². The Morgan fingerprint density at radius 2 is 1.86 bits per heavy atom. The minimum absolute atomic E-state index is 0.0289. The van der Waals surface area contributed by atoms with Crippen molar-refractivity contribution in [2.75, 3.05) is 11.9 Å². The summed E-state index contributed by atoms with van der Waals surface area (Å²) in [6, 6.07) is 15.8. The molecule has 2 aromatic carbocycles. The monoisotopic (exact) mass is 389 g/mol. The second-order valence-electron chi connectivity index (χ2n) is 6.63. The first-order valence-electron chi connectivity index (χ1n) is 9.36. The van der Waals surface area contributed by atoms with Crippen molar-refractivity contribution >= 4 is 17.5 Å². The molecular formula is C23H23N3O3. The molecule has 0 radical (unpaired) electrons. The predicted molar refractivity (Wildman–Crippen MR) is 113 cm³/mol. The summed E-state index contributed by atoms with van der Waals surface area (Å²) in [5, 5.41) is 13.3. The van der Waals surface area contributed by atoms with Gasteiger partial charge in [-0.05, 0) is 41.5 Å². The van der Waals surface area contributed by atoms with Crippen molar-refractivity contribution in [1.82, 2.24) is 10.3 Å². The minimum atomic E-state index is -0.181. The molecule has 0 fully saturated rings. The van der Waals surface area contributed by atoms with E-state index in [1.807, 2.05) is 12.1 Å². The average Bonchev–Trinajstić information content (AvgIpc) is 2.77. The van der Waals surface area contributed by atoms with Crippen LogP contribution >= 0.6 is 0 Å². The number of aromatic hydroxyl groups is 1. The molecule has 3 aromatic rings. The highest BCUT2D eigenvalue weighted by Crippen LogP contribution is 2.32. The number of carbonyl (C=O) groups is 2. The topological polar surface area (TPSA) is 82.5 Å². The molecule has 0 atom stereocenters. The smallest absolute Gasteiger partial charge is 0.251 e. The molecule has 3 rings (SSSR count). The third-order valence-electron chi connectivity index (χ3n) is 4.68. The molecule has 2 N–H and O–H groups in total. The zero-order chi connectivity index (χ0) is 20.8. The third kappa shape index (κ3) is 4.79. The van der Waals surface area contributed by atoms with Gasteiger partial charge in [-0.15, -0.1) is 0 Å². The number of amides is 2. The lowest BCUT2D eigenvalue weighted by atomic mass is 10.0. The Labute approximate surface area is 169 Å². The van der Waals surface area contributed by atoms with Crippen LogP contribution in [-0.2, 0) is 11.3 Å². The summed E-state index contributed by atoms with van der Waals surface area (Å²) >= 11 is 0. The van der Waals surface area contributed by atoms with Gasteiger partial charge in [0.15, 0.2) is 0 Å². The van der Waals surface area contributed by atoms with Gasteiger partial charge in [0.2, 0.25) is 5.91 Å². The Kier molecular flexibility index (Phi) is 6.24. The molecule has 0 spiro atoms. The zero-order valence-electron chi connectivity index (χ0n) is 16.4. The summed E-state index contributed by atoms with van der Waals surface area (Å²) in [6.45, 7) is 2.20. The number of nitrogens with zero attached hydrogens (tertiary/aromatic N) is 2. The Morgan fingerprint density at radius 1 is 1.10 bits per heavy atom. The Balaban J connectivity index is 1.71. The molecule has 1 aromatic heterocycles. The maximum Gasteiger partial charge on any atom is 0.251 e. The number of phenols is 1. The van der Waals surface area contributed by atoms with E-state index in [4.69, 9.17) is 0 Å². The van der Waals surface area contributed by atoms with E-state index in [0.29, 0.717) is 29.8 Å². The first kappa shape index (κ1) is 20.1. The molecule has 0 saturated carbocycles. The lowest BCUT2D eigenvalue weighted by molar-refractivity contribution is -0.118. The highest BCUT2D eigenvalue weighted by molar-refractivity contribution is 5.95. The number of hydrogen-bond donors (Lipinski definition) is 2. The Hall–Kier alpha value is -3.67. The molecule has 29 heavy (non-hydrogen) atoms. The number of nitrogens with one attached hydrogen (secondary N) is 1. The lowest BCUT2D eigenvalue weighted by Crippen LogP contribution is -2.24. The highest BCUT2D eigenvalue weighted by Gasteiger charge is 2.13. The van der Waals surface area contributed by atoms with Gasteiger partial charge in [-0.2, -0.15) is 0 Å². The number of hydrogen-bond acceptors (Lipinski definition) is 4. The normalized spacial score (nSPS) is 10.4. The van der Waals surface area contributed by atoms with Crippen LogP contribution in [0.4, 0.5) is 5.69 Å². The molecule has 0 bridgehead atoms. The van der Waals surface area contributed by atoms with E-state index in [1.165, 1.54) is 4.90 Å². The minimum Gasteiger partial charge on any atom is -0.507 e. The lowest BCUT2D eigenvalue weighted by Gasteiger charge is -2.17. The van der Waals surface area contributed by atoms with E-state index in [9.17, 15) is 14.7 Å². The number of anilines is 1. The van der Waals surface area contributed by atoms with Crippen molar-refractivity contribution in [3.8, 4) is 16.9 Å². The molecule has 6 nitrogen and oxygen atoms in total. The van der Waals surface area contributed by atoms with Gasteiger partial charge in [0.1, 0.15) is 5.75 Å². The average molecular weight is 389 g/mol. The highest BCUT2D eigenvalue weighted by atomic mass is 16.3. The standard InChI is InChI=1S/C23H23N3O3/c1-3-22(28)26(2)19-10-11-20(21(27)13-19)17-6-8-18(9-7-17)23(29)25-15-16-5-4-12-24-14-16/h4-14,27H,3,15H2,1-2H3,(H,25,29). The van der Waals surface area contributed by atoms with Gasteiger partial charge in [-0.3, -0.25) is 14.6 Å². The number of rotatable bonds is 6.